The molecule has 0 saturated heterocycles. The monoisotopic (exact) mass is 397 g/mol. The highest BCUT2D eigenvalue weighted by Gasteiger charge is 2.18. The molecule has 1 aromatic carbocycles. The lowest BCUT2D eigenvalue weighted by Gasteiger charge is -2.17. The van der Waals surface area contributed by atoms with Crippen molar-refractivity contribution in [1.82, 2.24) is 10.2 Å². The number of halogens is 1. The lowest BCUT2D eigenvalue weighted by molar-refractivity contribution is -0.113. The number of carbonyl (C=O) groups is 1. The molecule has 1 aliphatic rings. The summed E-state index contributed by atoms with van der Waals surface area (Å²) in [5.74, 6) is 1.49. The fourth-order valence-electron chi connectivity index (χ4n) is 1.90. The van der Waals surface area contributed by atoms with Crippen LogP contribution in [-0.4, -0.2) is 28.5 Å². The van der Waals surface area contributed by atoms with E-state index in [1.807, 2.05) is 31.2 Å². The lowest BCUT2D eigenvalue weighted by atomic mass is 10.1. The van der Waals surface area contributed by atoms with Gasteiger partial charge in [0.2, 0.25) is 5.13 Å². The smallest absolute Gasteiger partial charge is 0.256 e. The summed E-state index contributed by atoms with van der Waals surface area (Å²) >= 11 is 6.39. The first-order valence-corrected chi connectivity index (χ1v) is 9.16. The molecule has 8 heteroatoms. The number of thioether (sulfide) groups is 1. The van der Waals surface area contributed by atoms with Crippen LogP contribution < -0.4 is 10.1 Å². The Hall–Kier alpha value is -1.38. The predicted molar refractivity (Wildman–Crippen MR) is 92.6 cm³/mol. The molecule has 0 atom stereocenters. The number of rotatable bonds is 4. The molecule has 22 heavy (non-hydrogen) atoms. The number of hydrogen-bond acceptors (Lipinski definition) is 6. The average Bonchev–Trinajstić information content (AvgIpc) is 2.94. The first-order chi connectivity index (χ1) is 10.7. The first-order valence-electron chi connectivity index (χ1n) is 6.56. The largest absolute Gasteiger partial charge is 0.488 e. The van der Waals surface area contributed by atoms with Gasteiger partial charge in [0.15, 0.2) is 4.34 Å². The number of amides is 1. The van der Waals surface area contributed by atoms with Gasteiger partial charge in [-0.15, -0.1) is 10.2 Å². The van der Waals surface area contributed by atoms with Crippen molar-refractivity contribution >= 4 is 56.1 Å². The van der Waals surface area contributed by atoms with Crippen LogP contribution in [0.25, 0.3) is 6.08 Å². The van der Waals surface area contributed by atoms with Crippen LogP contribution in [-0.2, 0) is 4.79 Å². The van der Waals surface area contributed by atoms with Crippen molar-refractivity contribution < 1.29 is 9.53 Å². The predicted octanol–water partition coefficient (Wildman–Crippen LogP) is 3.83. The molecular weight excluding hydrogens is 386 g/mol. The second kappa shape index (κ2) is 6.80. The number of nitrogens with zero attached hydrogens (tertiary/aromatic N) is 2. The van der Waals surface area contributed by atoms with E-state index in [-0.39, 0.29) is 12.5 Å². The topological polar surface area (TPSA) is 64.1 Å². The molecule has 0 fully saturated rings. The van der Waals surface area contributed by atoms with Gasteiger partial charge in [-0.2, -0.15) is 0 Å². The maximum atomic E-state index is 12.3. The molecule has 1 aliphatic heterocycles. The maximum absolute atomic E-state index is 12.3. The van der Waals surface area contributed by atoms with Crippen LogP contribution in [0.4, 0.5) is 5.13 Å². The molecule has 0 saturated carbocycles. The third kappa shape index (κ3) is 3.50. The number of nitrogens with one attached hydrogen (secondary N) is 1. The van der Waals surface area contributed by atoms with E-state index < -0.39 is 0 Å². The summed E-state index contributed by atoms with van der Waals surface area (Å²) in [5, 5.41) is 11.3. The highest BCUT2D eigenvalue weighted by Crippen LogP contribution is 2.30. The highest BCUT2D eigenvalue weighted by atomic mass is 79.9. The van der Waals surface area contributed by atoms with E-state index in [2.05, 4.69) is 31.4 Å². The fraction of sp³-hybridized carbons (Fsp3) is 0.214. The van der Waals surface area contributed by atoms with Gasteiger partial charge in [-0.25, -0.2) is 0 Å². The Kier molecular flexibility index (Phi) is 4.80. The van der Waals surface area contributed by atoms with Crippen LogP contribution in [0.15, 0.2) is 32.6 Å². The van der Waals surface area contributed by atoms with Crippen molar-refractivity contribution in [2.45, 2.75) is 11.3 Å². The summed E-state index contributed by atoms with van der Waals surface area (Å²) in [6, 6.07) is 5.71. The van der Waals surface area contributed by atoms with Crippen LogP contribution in [0.3, 0.4) is 0 Å². The highest BCUT2D eigenvalue weighted by molar-refractivity contribution is 9.10. The zero-order valence-electron chi connectivity index (χ0n) is 11.6. The standard InChI is InChI=1S/C14H12BrN3O2S2/c1-2-21-14-18-17-13(22-14)16-12(19)9-5-8-6-10(15)3-4-11(8)20-7-9/h3-6H,2,7H2,1H3,(H,16,17,19). The van der Waals surface area contributed by atoms with E-state index in [1.54, 1.807) is 11.8 Å². The van der Waals surface area contributed by atoms with Gasteiger partial charge in [-0.05, 0) is 30.0 Å². The lowest BCUT2D eigenvalue weighted by Crippen LogP contribution is -2.21. The van der Waals surface area contributed by atoms with Crippen LogP contribution in [0.1, 0.15) is 12.5 Å². The Morgan fingerprint density at radius 1 is 1.50 bits per heavy atom. The molecule has 114 valence electrons. The normalized spacial score (nSPS) is 13.1. The molecular formula is C14H12BrN3O2S2. The minimum atomic E-state index is -0.213. The minimum absolute atomic E-state index is 0.213. The molecule has 0 bridgehead atoms. The molecule has 1 aromatic heterocycles. The van der Waals surface area contributed by atoms with Gasteiger partial charge >= 0.3 is 0 Å². The number of aromatic nitrogens is 2. The summed E-state index contributed by atoms with van der Waals surface area (Å²) in [4.78, 5) is 12.3. The Balaban J connectivity index is 1.75. The summed E-state index contributed by atoms with van der Waals surface area (Å²) in [5.41, 5.74) is 1.44. The summed E-state index contributed by atoms with van der Waals surface area (Å²) in [6.45, 7) is 2.29. The Bertz CT molecular complexity index is 745. The van der Waals surface area contributed by atoms with Gasteiger partial charge in [-0.3, -0.25) is 10.1 Å². The Morgan fingerprint density at radius 2 is 2.36 bits per heavy atom. The molecule has 1 N–H and O–H groups in total. The zero-order chi connectivity index (χ0) is 15.5. The van der Waals surface area contributed by atoms with Gasteiger partial charge in [-0.1, -0.05) is 46.0 Å². The third-order valence-electron chi connectivity index (χ3n) is 2.87. The number of ether oxygens (including phenoxy) is 1. The van der Waals surface area contributed by atoms with Gasteiger partial charge in [0.05, 0.1) is 5.57 Å². The van der Waals surface area contributed by atoms with E-state index >= 15 is 0 Å². The van der Waals surface area contributed by atoms with Crippen LogP contribution >= 0.6 is 39.0 Å². The van der Waals surface area contributed by atoms with E-state index in [9.17, 15) is 4.79 Å². The van der Waals surface area contributed by atoms with E-state index in [0.717, 1.165) is 25.9 Å². The van der Waals surface area contributed by atoms with E-state index in [4.69, 9.17) is 4.74 Å². The average molecular weight is 398 g/mol. The Labute approximate surface area is 144 Å². The van der Waals surface area contributed by atoms with Crippen LogP contribution in [0, 0.1) is 0 Å². The SMILES string of the molecule is CCSc1nnc(NC(=O)C2=Cc3cc(Br)ccc3OC2)s1. The number of fused-ring (bicyclic) bond motifs is 1. The second-order valence-corrected chi connectivity index (χ2v) is 7.80. The quantitative estimate of drug-likeness (QED) is 0.627. The zero-order valence-corrected chi connectivity index (χ0v) is 14.8. The number of hydrogen-bond donors (Lipinski definition) is 1. The van der Waals surface area contributed by atoms with Gasteiger partial charge < -0.3 is 4.74 Å². The molecule has 1 amide bonds. The van der Waals surface area contributed by atoms with Gasteiger partial charge in [0.1, 0.15) is 12.4 Å². The molecule has 5 nitrogen and oxygen atoms in total. The molecule has 0 radical (unpaired) electrons. The van der Waals surface area contributed by atoms with Gasteiger partial charge in [0.25, 0.3) is 5.91 Å². The number of carbonyl (C=O) groups excluding carboxylic acids is 1. The molecule has 3 rings (SSSR count). The van der Waals surface area contributed by atoms with Crippen molar-refractivity contribution in [3.8, 4) is 5.75 Å². The minimum Gasteiger partial charge on any atom is -0.488 e. The molecule has 2 heterocycles. The molecule has 0 unspecified atom stereocenters. The van der Waals surface area contributed by atoms with Crippen molar-refractivity contribution in [1.29, 1.82) is 0 Å². The van der Waals surface area contributed by atoms with Crippen molar-refractivity contribution in [3.05, 3.63) is 33.8 Å². The van der Waals surface area contributed by atoms with Crippen molar-refractivity contribution in [2.24, 2.45) is 0 Å². The fourth-order valence-corrected chi connectivity index (χ4v) is 3.92. The van der Waals surface area contributed by atoms with Gasteiger partial charge in [0, 0.05) is 10.0 Å². The first kappa shape index (κ1) is 15.5. The molecule has 2 aromatic rings. The summed E-state index contributed by atoms with van der Waals surface area (Å²) < 4.78 is 7.40. The maximum Gasteiger partial charge on any atom is 0.256 e. The van der Waals surface area contributed by atoms with Crippen LogP contribution in [0.2, 0.25) is 0 Å². The number of benzene rings is 1. The second-order valence-electron chi connectivity index (χ2n) is 4.40. The van der Waals surface area contributed by atoms with Crippen molar-refractivity contribution in [2.75, 3.05) is 17.7 Å². The molecule has 0 spiro atoms. The third-order valence-corrected chi connectivity index (χ3v) is 5.22. The Morgan fingerprint density at radius 3 is 3.18 bits per heavy atom. The van der Waals surface area contributed by atoms with Crippen LogP contribution in [0.5, 0.6) is 5.75 Å². The van der Waals surface area contributed by atoms with E-state index in [0.29, 0.717) is 10.7 Å². The van der Waals surface area contributed by atoms with E-state index in [1.165, 1.54) is 11.3 Å². The molecule has 0 aliphatic carbocycles. The summed E-state index contributed by atoms with van der Waals surface area (Å²) in [7, 11) is 0. The van der Waals surface area contributed by atoms with Crippen molar-refractivity contribution in [3.63, 3.8) is 0 Å². The summed E-state index contributed by atoms with van der Waals surface area (Å²) in [6.07, 6.45) is 1.83. The number of anilines is 1.